The van der Waals surface area contributed by atoms with Crippen LogP contribution in [0.3, 0.4) is 0 Å². The SMILES string of the molecule is C[C@H]1C=CCC2(C)C1CCC1(C)C3CCC4(C)CCC(C)(C)CC4C3=CCC12. The molecule has 156 valence electrons. The van der Waals surface area contributed by atoms with E-state index in [1.54, 1.807) is 0 Å². The van der Waals surface area contributed by atoms with Gasteiger partial charge in [0.15, 0.2) is 0 Å². The average molecular weight is 381 g/mol. The Hall–Kier alpha value is -0.520. The maximum Gasteiger partial charge on any atom is -0.0141 e. The van der Waals surface area contributed by atoms with E-state index in [1.165, 1.54) is 57.8 Å². The molecular formula is C28H44. The lowest BCUT2D eigenvalue weighted by Gasteiger charge is -2.65. The summed E-state index contributed by atoms with van der Waals surface area (Å²) in [5.74, 6) is 4.32. The summed E-state index contributed by atoms with van der Waals surface area (Å²) in [6.45, 7) is 15.6. The number of rotatable bonds is 0. The third kappa shape index (κ3) is 2.54. The highest BCUT2D eigenvalue weighted by molar-refractivity contribution is 5.29. The number of fused-ring (bicyclic) bond motifs is 7. The van der Waals surface area contributed by atoms with Crippen LogP contribution in [-0.4, -0.2) is 0 Å². The van der Waals surface area contributed by atoms with Crippen LogP contribution in [0.1, 0.15) is 99.3 Å². The van der Waals surface area contributed by atoms with Crippen LogP contribution < -0.4 is 0 Å². The second-order valence-corrected chi connectivity index (χ2v) is 13.3. The van der Waals surface area contributed by atoms with Gasteiger partial charge in [0.25, 0.3) is 0 Å². The fourth-order valence-electron chi connectivity index (χ4n) is 9.42. The van der Waals surface area contributed by atoms with Crippen molar-refractivity contribution in [2.24, 2.45) is 51.2 Å². The van der Waals surface area contributed by atoms with E-state index in [-0.39, 0.29) is 0 Å². The van der Waals surface area contributed by atoms with Crippen LogP contribution in [0.4, 0.5) is 0 Å². The van der Waals surface area contributed by atoms with Crippen molar-refractivity contribution >= 4 is 0 Å². The molecule has 0 bridgehead atoms. The molecule has 3 saturated carbocycles. The van der Waals surface area contributed by atoms with Crippen molar-refractivity contribution in [2.45, 2.75) is 99.3 Å². The number of hydrogen-bond acceptors (Lipinski definition) is 0. The van der Waals surface area contributed by atoms with Gasteiger partial charge in [0.2, 0.25) is 0 Å². The Morgan fingerprint density at radius 3 is 2.43 bits per heavy atom. The van der Waals surface area contributed by atoms with Crippen LogP contribution >= 0.6 is 0 Å². The van der Waals surface area contributed by atoms with Gasteiger partial charge < -0.3 is 0 Å². The maximum absolute atomic E-state index is 2.82. The summed E-state index contributed by atoms with van der Waals surface area (Å²) < 4.78 is 0. The fraction of sp³-hybridized carbons (Fsp3) is 0.857. The monoisotopic (exact) mass is 380 g/mol. The fourth-order valence-corrected chi connectivity index (χ4v) is 9.42. The van der Waals surface area contributed by atoms with E-state index in [0.29, 0.717) is 21.7 Å². The molecule has 0 heteroatoms. The van der Waals surface area contributed by atoms with E-state index in [1.807, 2.05) is 5.57 Å². The van der Waals surface area contributed by atoms with Crippen molar-refractivity contribution in [2.75, 3.05) is 0 Å². The summed E-state index contributed by atoms with van der Waals surface area (Å²) in [6, 6.07) is 0. The van der Waals surface area contributed by atoms with Gasteiger partial charge in [-0.1, -0.05) is 65.3 Å². The van der Waals surface area contributed by atoms with E-state index in [4.69, 9.17) is 0 Å². The summed E-state index contributed by atoms with van der Waals surface area (Å²) in [6.07, 6.45) is 20.8. The molecule has 0 radical (unpaired) electrons. The molecular weight excluding hydrogens is 336 g/mol. The normalized spacial score (nSPS) is 54.6. The van der Waals surface area contributed by atoms with Crippen LogP contribution in [0.2, 0.25) is 0 Å². The summed E-state index contributed by atoms with van der Waals surface area (Å²) in [5, 5.41) is 0. The minimum atomic E-state index is 0.524. The van der Waals surface area contributed by atoms with Gasteiger partial charge in [-0.25, -0.2) is 0 Å². The van der Waals surface area contributed by atoms with Gasteiger partial charge in [-0.15, -0.1) is 0 Å². The molecule has 0 heterocycles. The summed E-state index contributed by atoms with van der Waals surface area (Å²) >= 11 is 0. The molecule has 7 unspecified atom stereocenters. The van der Waals surface area contributed by atoms with Gasteiger partial charge in [0, 0.05) is 0 Å². The predicted octanol–water partition coefficient (Wildman–Crippen LogP) is 8.19. The van der Waals surface area contributed by atoms with E-state index in [9.17, 15) is 0 Å². The first-order chi connectivity index (χ1) is 13.1. The zero-order chi connectivity index (χ0) is 19.9. The van der Waals surface area contributed by atoms with Crippen LogP contribution in [0.5, 0.6) is 0 Å². The van der Waals surface area contributed by atoms with Gasteiger partial charge in [-0.2, -0.15) is 0 Å². The van der Waals surface area contributed by atoms with Gasteiger partial charge >= 0.3 is 0 Å². The molecule has 0 amide bonds. The lowest BCUT2D eigenvalue weighted by Crippen LogP contribution is -2.57. The van der Waals surface area contributed by atoms with Crippen LogP contribution in [0, 0.1) is 51.2 Å². The molecule has 8 atom stereocenters. The highest BCUT2D eigenvalue weighted by Crippen LogP contribution is 2.70. The zero-order valence-electron chi connectivity index (χ0n) is 19.5. The Morgan fingerprint density at radius 1 is 0.857 bits per heavy atom. The number of hydrogen-bond donors (Lipinski definition) is 0. The van der Waals surface area contributed by atoms with E-state index in [2.05, 4.69) is 59.8 Å². The molecule has 3 fully saturated rings. The molecule has 0 aromatic carbocycles. The van der Waals surface area contributed by atoms with E-state index in [0.717, 1.165) is 29.6 Å². The molecule has 0 spiro atoms. The van der Waals surface area contributed by atoms with Gasteiger partial charge in [0.1, 0.15) is 0 Å². The predicted molar refractivity (Wildman–Crippen MR) is 120 cm³/mol. The standard InChI is InChI=1S/C28H44/c1-19-8-7-13-27(5)21(19)12-15-28(6)22-11-14-26(4)17-16-25(2,3)18-23(26)20(22)9-10-24(27)28/h7-9,19,21-24H,10-18H2,1-6H3/t19-,21?,22?,23?,24?,26?,27?,28?/m0/s1. The average Bonchev–Trinajstić information content (AvgIpc) is 2.61. The lowest BCUT2D eigenvalue weighted by atomic mass is 9.39. The molecule has 5 rings (SSSR count). The second kappa shape index (κ2) is 6.01. The smallest absolute Gasteiger partial charge is 0.0141 e. The highest BCUT2D eigenvalue weighted by atomic mass is 14.7. The van der Waals surface area contributed by atoms with Crippen molar-refractivity contribution in [1.29, 1.82) is 0 Å². The first-order valence-electron chi connectivity index (χ1n) is 12.5. The van der Waals surface area contributed by atoms with E-state index < -0.39 is 0 Å². The van der Waals surface area contributed by atoms with Crippen molar-refractivity contribution in [3.63, 3.8) is 0 Å². The van der Waals surface area contributed by atoms with Crippen molar-refractivity contribution in [1.82, 2.24) is 0 Å². The molecule has 0 nitrogen and oxygen atoms in total. The van der Waals surface area contributed by atoms with Crippen LogP contribution in [0.15, 0.2) is 23.8 Å². The van der Waals surface area contributed by atoms with E-state index >= 15 is 0 Å². The molecule has 0 aromatic heterocycles. The quantitative estimate of drug-likeness (QED) is 0.371. The Kier molecular flexibility index (Phi) is 4.17. The molecule has 5 aliphatic carbocycles. The lowest BCUT2D eigenvalue weighted by molar-refractivity contribution is -0.116. The number of allylic oxidation sites excluding steroid dienone is 4. The first-order valence-corrected chi connectivity index (χ1v) is 12.5. The second-order valence-electron chi connectivity index (χ2n) is 13.3. The summed E-state index contributed by atoms with van der Waals surface area (Å²) in [5.41, 5.74) is 4.13. The van der Waals surface area contributed by atoms with Crippen LogP contribution in [-0.2, 0) is 0 Å². The Morgan fingerprint density at radius 2 is 1.64 bits per heavy atom. The molecule has 0 saturated heterocycles. The minimum absolute atomic E-state index is 0.524. The molecule has 0 N–H and O–H groups in total. The molecule has 28 heavy (non-hydrogen) atoms. The third-order valence-electron chi connectivity index (χ3n) is 11.2. The zero-order valence-corrected chi connectivity index (χ0v) is 19.5. The largest absolute Gasteiger partial charge is 0.0877 e. The van der Waals surface area contributed by atoms with Crippen LogP contribution in [0.25, 0.3) is 0 Å². The molecule has 0 aliphatic heterocycles. The Labute approximate surface area is 174 Å². The van der Waals surface area contributed by atoms with Gasteiger partial charge in [0.05, 0.1) is 0 Å². The van der Waals surface area contributed by atoms with Crippen molar-refractivity contribution in [3.8, 4) is 0 Å². The maximum atomic E-state index is 2.82. The van der Waals surface area contributed by atoms with Gasteiger partial charge in [-0.05, 0) is 109 Å². The minimum Gasteiger partial charge on any atom is -0.0877 e. The topological polar surface area (TPSA) is 0 Å². The summed E-state index contributed by atoms with van der Waals surface area (Å²) in [7, 11) is 0. The third-order valence-corrected chi connectivity index (χ3v) is 11.2. The van der Waals surface area contributed by atoms with Crippen molar-refractivity contribution in [3.05, 3.63) is 23.8 Å². The highest BCUT2D eigenvalue weighted by Gasteiger charge is 2.61. The summed E-state index contributed by atoms with van der Waals surface area (Å²) in [4.78, 5) is 0. The Bertz CT molecular complexity index is 710. The first kappa shape index (κ1) is 19.4. The molecule has 0 aromatic rings. The van der Waals surface area contributed by atoms with Gasteiger partial charge in [-0.3, -0.25) is 0 Å². The molecule has 5 aliphatic rings. The van der Waals surface area contributed by atoms with Crippen molar-refractivity contribution < 1.29 is 0 Å². The Balaban J connectivity index is 1.53.